The maximum absolute atomic E-state index is 13.4. The summed E-state index contributed by atoms with van der Waals surface area (Å²) < 4.78 is 26.2. The molecule has 3 heteroatoms. The van der Waals surface area contributed by atoms with Gasteiger partial charge in [0.15, 0.2) is 11.6 Å². The monoisotopic (exact) mass is 206 g/mol. The van der Waals surface area contributed by atoms with E-state index in [2.05, 4.69) is 0 Å². The molecule has 2 aromatic carbocycles. The van der Waals surface area contributed by atoms with Crippen molar-refractivity contribution >= 4 is 0 Å². The van der Waals surface area contributed by atoms with Crippen LogP contribution in [-0.4, -0.2) is 5.11 Å². The Morgan fingerprint density at radius 3 is 2.20 bits per heavy atom. The Morgan fingerprint density at radius 1 is 0.867 bits per heavy atom. The summed E-state index contributed by atoms with van der Waals surface area (Å²) in [6, 6.07) is 10.4. The van der Waals surface area contributed by atoms with E-state index in [9.17, 15) is 8.78 Å². The van der Waals surface area contributed by atoms with E-state index in [1.165, 1.54) is 0 Å². The Labute approximate surface area is 85.6 Å². The molecule has 0 radical (unpaired) electrons. The summed E-state index contributed by atoms with van der Waals surface area (Å²) >= 11 is 0. The second-order valence-corrected chi connectivity index (χ2v) is 3.15. The summed E-state index contributed by atoms with van der Waals surface area (Å²) in [6.07, 6.45) is 0. The Bertz CT molecular complexity index is 480. The first kappa shape index (κ1) is 9.65. The molecule has 0 saturated heterocycles. The molecule has 0 aliphatic rings. The van der Waals surface area contributed by atoms with Crippen LogP contribution in [0.1, 0.15) is 0 Å². The summed E-state index contributed by atoms with van der Waals surface area (Å²) in [7, 11) is 0. The largest absolute Gasteiger partial charge is 0.505 e. The highest BCUT2D eigenvalue weighted by Gasteiger charge is 2.10. The number of hydrogen-bond acceptors (Lipinski definition) is 1. The van der Waals surface area contributed by atoms with Gasteiger partial charge in [0.2, 0.25) is 0 Å². The lowest BCUT2D eigenvalue weighted by Gasteiger charge is -2.04. The maximum atomic E-state index is 13.4. The van der Waals surface area contributed by atoms with Crippen LogP contribution in [-0.2, 0) is 0 Å². The minimum absolute atomic E-state index is 0.189. The first-order valence-corrected chi connectivity index (χ1v) is 4.42. The van der Waals surface area contributed by atoms with Crippen LogP contribution in [0.5, 0.6) is 5.75 Å². The first-order valence-electron chi connectivity index (χ1n) is 4.42. The molecule has 1 N–H and O–H groups in total. The molecule has 0 atom stereocenters. The molecular weight excluding hydrogens is 198 g/mol. The molecular formula is C12H8F2O. The number of hydrogen-bond donors (Lipinski definition) is 1. The minimum Gasteiger partial charge on any atom is -0.505 e. The van der Waals surface area contributed by atoms with E-state index < -0.39 is 17.4 Å². The van der Waals surface area contributed by atoms with E-state index in [0.29, 0.717) is 11.6 Å². The van der Waals surface area contributed by atoms with Gasteiger partial charge in [0.05, 0.1) is 0 Å². The van der Waals surface area contributed by atoms with Crippen molar-refractivity contribution in [2.24, 2.45) is 0 Å². The Hall–Kier alpha value is -1.90. The Kier molecular flexibility index (Phi) is 2.37. The van der Waals surface area contributed by atoms with Crippen LogP contribution in [0.3, 0.4) is 0 Å². The van der Waals surface area contributed by atoms with Gasteiger partial charge in [-0.25, -0.2) is 8.78 Å². The van der Waals surface area contributed by atoms with Crippen LogP contribution in [0.4, 0.5) is 8.78 Å². The third-order valence-electron chi connectivity index (χ3n) is 2.12. The van der Waals surface area contributed by atoms with Gasteiger partial charge in [0.25, 0.3) is 0 Å². The molecule has 2 rings (SSSR count). The van der Waals surface area contributed by atoms with Crippen LogP contribution < -0.4 is 0 Å². The second-order valence-electron chi connectivity index (χ2n) is 3.15. The van der Waals surface area contributed by atoms with E-state index in [0.717, 1.165) is 6.07 Å². The lowest BCUT2D eigenvalue weighted by Crippen LogP contribution is -1.87. The summed E-state index contributed by atoms with van der Waals surface area (Å²) in [6.45, 7) is 0. The maximum Gasteiger partial charge on any atom is 0.167 e. The van der Waals surface area contributed by atoms with E-state index in [4.69, 9.17) is 5.11 Å². The molecule has 0 fully saturated rings. The third-order valence-corrected chi connectivity index (χ3v) is 2.12. The highest BCUT2D eigenvalue weighted by Crippen LogP contribution is 2.28. The van der Waals surface area contributed by atoms with E-state index in [1.807, 2.05) is 0 Å². The predicted octanol–water partition coefficient (Wildman–Crippen LogP) is 3.34. The fourth-order valence-corrected chi connectivity index (χ4v) is 1.38. The van der Waals surface area contributed by atoms with Gasteiger partial charge in [-0.2, -0.15) is 0 Å². The highest BCUT2D eigenvalue weighted by atomic mass is 19.1. The van der Waals surface area contributed by atoms with Gasteiger partial charge in [-0.1, -0.05) is 30.3 Å². The average Bonchev–Trinajstić information content (AvgIpc) is 2.25. The summed E-state index contributed by atoms with van der Waals surface area (Å²) in [5.74, 6) is -2.18. The minimum atomic E-state index is -0.952. The van der Waals surface area contributed by atoms with E-state index >= 15 is 0 Å². The highest BCUT2D eigenvalue weighted by molar-refractivity contribution is 5.65. The van der Waals surface area contributed by atoms with Gasteiger partial charge in [-0.3, -0.25) is 0 Å². The average molecular weight is 206 g/mol. The number of rotatable bonds is 1. The molecule has 1 nitrogen and oxygen atoms in total. The summed E-state index contributed by atoms with van der Waals surface area (Å²) in [5.41, 5.74) is 0.791. The Morgan fingerprint density at radius 2 is 1.53 bits per heavy atom. The molecule has 0 bridgehead atoms. The molecule has 0 amide bonds. The number of aromatic hydroxyl groups is 1. The normalized spacial score (nSPS) is 10.3. The van der Waals surface area contributed by atoms with Crippen LogP contribution in [0, 0.1) is 11.6 Å². The zero-order valence-electron chi connectivity index (χ0n) is 7.74. The number of halogens is 2. The lowest BCUT2D eigenvalue weighted by molar-refractivity contribution is 0.428. The zero-order chi connectivity index (χ0) is 10.8. The molecule has 0 saturated carbocycles. The summed E-state index contributed by atoms with van der Waals surface area (Å²) in [5, 5.41) is 9.14. The van der Waals surface area contributed by atoms with Gasteiger partial charge in [0, 0.05) is 11.6 Å². The lowest BCUT2D eigenvalue weighted by atomic mass is 10.0. The van der Waals surface area contributed by atoms with Crippen molar-refractivity contribution in [1.82, 2.24) is 0 Å². The van der Waals surface area contributed by atoms with Crippen LogP contribution >= 0.6 is 0 Å². The first-order chi connectivity index (χ1) is 7.18. The van der Waals surface area contributed by atoms with E-state index in [1.54, 1.807) is 30.3 Å². The second kappa shape index (κ2) is 3.69. The number of benzene rings is 2. The van der Waals surface area contributed by atoms with Gasteiger partial charge in [-0.15, -0.1) is 0 Å². The van der Waals surface area contributed by atoms with Gasteiger partial charge >= 0.3 is 0 Å². The topological polar surface area (TPSA) is 20.2 Å². The van der Waals surface area contributed by atoms with Crippen LogP contribution in [0.2, 0.25) is 0 Å². The van der Waals surface area contributed by atoms with Crippen LogP contribution in [0.15, 0.2) is 42.5 Å². The van der Waals surface area contributed by atoms with Crippen molar-refractivity contribution in [2.45, 2.75) is 0 Å². The van der Waals surface area contributed by atoms with E-state index in [-0.39, 0.29) is 5.56 Å². The molecule has 0 spiro atoms. The van der Waals surface area contributed by atoms with Crippen molar-refractivity contribution < 1.29 is 13.9 Å². The van der Waals surface area contributed by atoms with Crippen molar-refractivity contribution in [3.05, 3.63) is 54.1 Å². The quantitative estimate of drug-likeness (QED) is 0.758. The fraction of sp³-hybridized carbons (Fsp3) is 0. The molecule has 76 valence electrons. The molecule has 15 heavy (non-hydrogen) atoms. The fourth-order valence-electron chi connectivity index (χ4n) is 1.38. The molecule has 2 aromatic rings. The Balaban J connectivity index is 2.59. The number of phenolic OH excluding ortho intramolecular Hbond substituents is 1. The predicted molar refractivity (Wildman–Crippen MR) is 53.5 cm³/mol. The molecule has 0 aromatic heterocycles. The van der Waals surface area contributed by atoms with Gasteiger partial charge in [0.1, 0.15) is 5.82 Å². The molecule has 0 heterocycles. The summed E-state index contributed by atoms with van der Waals surface area (Å²) in [4.78, 5) is 0. The van der Waals surface area contributed by atoms with Gasteiger partial charge < -0.3 is 5.11 Å². The van der Waals surface area contributed by atoms with Crippen molar-refractivity contribution in [3.8, 4) is 16.9 Å². The molecule has 0 aliphatic carbocycles. The molecule has 0 unspecified atom stereocenters. The van der Waals surface area contributed by atoms with Crippen molar-refractivity contribution in [3.63, 3.8) is 0 Å². The standard InChI is InChI=1S/C12H8F2O/c13-10-7-11(14)12(15)6-9(10)8-4-2-1-3-5-8/h1-7,15H. The third kappa shape index (κ3) is 1.81. The molecule has 0 aliphatic heterocycles. The SMILES string of the molecule is Oc1cc(-c2ccccc2)c(F)cc1F. The van der Waals surface area contributed by atoms with Crippen molar-refractivity contribution in [2.75, 3.05) is 0 Å². The number of phenols is 1. The smallest absolute Gasteiger partial charge is 0.167 e. The van der Waals surface area contributed by atoms with Gasteiger partial charge in [-0.05, 0) is 11.6 Å². The zero-order valence-corrected chi connectivity index (χ0v) is 7.74. The van der Waals surface area contributed by atoms with Crippen LogP contribution in [0.25, 0.3) is 11.1 Å². The van der Waals surface area contributed by atoms with Crippen molar-refractivity contribution in [1.29, 1.82) is 0 Å².